The molecule has 1 fully saturated rings. The smallest absolute Gasteiger partial charge is 0.0726 e. The molecule has 0 aliphatic carbocycles. The van der Waals surface area contributed by atoms with Crippen molar-refractivity contribution in [1.82, 2.24) is 5.32 Å². The summed E-state index contributed by atoms with van der Waals surface area (Å²) in [6.45, 7) is 13.1. The number of hydrogen-bond donors (Lipinski definition) is 1. The molecular weight excluding hydrogens is 242 g/mol. The monoisotopic (exact) mass is 267 g/mol. The number of ether oxygens (including phenoxy) is 1. The van der Waals surface area contributed by atoms with Gasteiger partial charge >= 0.3 is 0 Å². The summed E-state index contributed by atoms with van der Waals surface area (Å²) in [4.78, 5) is 2.88. The van der Waals surface area contributed by atoms with Crippen LogP contribution in [0.1, 0.15) is 50.8 Å². The quantitative estimate of drug-likeness (QED) is 0.901. The Morgan fingerprint density at radius 3 is 2.67 bits per heavy atom. The highest BCUT2D eigenvalue weighted by Crippen LogP contribution is 2.30. The molecule has 1 aromatic rings. The van der Waals surface area contributed by atoms with Gasteiger partial charge in [-0.2, -0.15) is 0 Å². The fourth-order valence-electron chi connectivity index (χ4n) is 2.23. The summed E-state index contributed by atoms with van der Waals surface area (Å²) in [6, 6.07) is 4.51. The predicted molar refractivity (Wildman–Crippen MR) is 78.3 cm³/mol. The third kappa shape index (κ3) is 2.95. The summed E-state index contributed by atoms with van der Waals surface area (Å²) in [6.07, 6.45) is 1.41. The van der Waals surface area contributed by atoms with Gasteiger partial charge in [-0.25, -0.2) is 0 Å². The van der Waals surface area contributed by atoms with Crippen molar-refractivity contribution in [2.24, 2.45) is 0 Å². The van der Waals surface area contributed by atoms with Crippen LogP contribution in [-0.2, 0) is 16.7 Å². The van der Waals surface area contributed by atoms with E-state index in [1.807, 2.05) is 11.3 Å². The van der Waals surface area contributed by atoms with Crippen LogP contribution in [0.5, 0.6) is 0 Å². The molecule has 2 unspecified atom stereocenters. The first-order valence-corrected chi connectivity index (χ1v) is 7.59. The van der Waals surface area contributed by atoms with E-state index in [9.17, 15) is 0 Å². The number of rotatable bonds is 3. The maximum atomic E-state index is 5.66. The van der Waals surface area contributed by atoms with Crippen LogP contribution in [-0.4, -0.2) is 18.2 Å². The Labute approximate surface area is 115 Å². The third-order valence-electron chi connectivity index (χ3n) is 3.95. The van der Waals surface area contributed by atoms with Crippen molar-refractivity contribution in [2.75, 3.05) is 6.61 Å². The molecule has 0 radical (unpaired) electrons. The van der Waals surface area contributed by atoms with E-state index in [2.05, 4.69) is 52.1 Å². The highest BCUT2D eigenvalue weighted by atomic mass is 32.1. The van der Waals surface area contributed by atoms with Crippen molar-refractivity contribution < 1.29 is 4.74 Å². The molecule has 0 spiro atoms. The van der Waals surface area contributed by atoms with Crippen molar-refractivity contribution in [1.29, 1.82) is 0 Å². The Bertz CT molecular complexity index is 407. The van der Waals surface area contributed by atoms with Crippen molar-refractivity contribution in [3.63, 3.8) is 0 Å². The molecule has 1 N–H and O–H groups in total. The topological polar surface area (TPSA) is 21.3 Å². The largest absolute Gasteiger partial charge is 0.377 e. The van der Waals surface area contributed by atoms with Crippen molar-refractivity contribution in [3.8, 4) is 0 Å². The van der Waals surface area contributed by atoms with Gasteiger partial charge in [0.2, 0.25) is 0 Å². The molecule has 1 aliphatic heterocycles. The lowest BCUT2D eigenvalue weighted by Crippen LogP contribution is -2.47. The predicted octanol–water partition coefficient (Wildman–Crippen LogP) is 3.70. The van der Waals surface area contributed by atoms with E-state index >= 15 is 0 Å². The molecule has 0 amide bonds. The normalized spacial score (nSPS) is 28.8. The van der Waals surface area contributed by atoms with Gasteiger partial charge in [0.15, 0.2) is 0 Å². The average Bonchev–Trinajstić information content (AvgIpc) is 2.84. The maximum Gasteiger partial charge on any atom is 0.0726 e. The lowest BCUT2D eigenvalue weighted by Gasteiger charge is -2.28. The SMILES string of the molecule is CC1OCCC1(C)NCc1ccc(C(C)(C)C)s1. The van der Waals surface area contributed by atoms with Gasteiger partial charge < -0.3 is 10.1 Å². The van der Waals surface area contributed by atoms with Crippen molar-refractivity contribution >= 4 is 11.3 Å². The van der Waals surface area contributed by atoms with Crippen molar-refractivity contribution in [3.05, 3.63) is 21.9 Å². The van der Waals surface area contributed by atoms with Gasteiger partial charge in [0, 0.05) is 28.4 Å². The molecule has 2 atom stereocenters. The van der Waals surface area contributed by atoms with Crippen molar-refractivity contribution in [2.45, 2.75) is 64.6 Å². The van der Waals surface area contributed by atoms with Crippen LogP contribution >= 0.6 is 11.3 Å². The zero-order chi connectivity index (χ0) is 13.4. The Balaban J connectivity index is 1.97. The van der Waals surface area contributed by atoms with Crippen LogP contribution in [0.4, 0.5) is 0 Å². The molecule has 102 valence electrons. The average molecular weight is 267 g/mol. The van der Waals surface area contributed by atoms with Gasteiger partial charge in [0.05, 0.1) is 6.10 Å². The molecule has 1 saturated heterocycles. The van der Waals surface area contributed by atoms with E-state index in [0.717, 1.165) is 19.6 Å². The van der Waals surface area contributed by atoms with E-state index < -0.39 is 0 Å². The van der Waals surface area contributed by atoms with E-state index in [0.29, 0.717) is 6.10 Å². The van der Waals surface area contributed by atoms with E-state index in [1.165, 1.54) is 9.75 Å². The highest BCUT2D eigenvalue weighted by molar-refractivity contribution is 7.12. The molecule has 0 aromatic carbocycles. The van der Waals surface area contributed by atoms with Crippen LogP contribution < -0.4 is 5.32 Å². The van der Waals surface area contributed by atoms with Crippen LogP contribution in [0.25, 0.3) is 0 Å². The van der Waals surface area contributed by atoms with Gasteiger partial charge in [0.1, 0.15) is 0 Å². The van der Waals surface area contributed by atoms with Crippen LogP contribution in [0.15, 0.2) is 12.1 Å². The molecule has 1 aromatic heterocycles. The van der Waals surface area contributed by atoms with Gasteiger partial charge in [-0.15, -0.1) is 11.3 Å². The second-order valence-electron chi connectivity index (χ2n) is 6.55. The molecule has 0 bridgehead atoms. The lowest BCUT2D eigenvalue weighted by atomic mass is 9.94. The number of nitrogens with one attached hydrogen (secondary N) is 1. The first-order chi connectivity index (χ1) is 8.31. The summed E-state index contributed by atoms with van der Waals surface area (Å²) in [5.74, 6) is 0. The minimum Gasteiger partial charge on any atom is -0.377 e. The minimum absolute atomic E-state index is 0.131. The lowest BCUT2D eigenvalue weighted by molar-refractivity contribution is 0.0882. The molecule has 3 heteroatoms. The van der Waals surface area contributed by atoms with Gasteiger partial charge in [-0.1, -0.05) is 20.8 Å². The third-order valence-corrected chi connectivity index (χ3v) is 5.46. The van der Waals surface area contributed by atoms with Gasteiger partial charge in [-0.05, 0) is 37.8 Å². The standard InChI is InChI=1S/C15H25NOS/c1-11-15(5,8-9-17-11)16-10-12-6-7-13(18-12)14(2,3)4/h6-7,11,16H,8-10H2,1-5H3. The molecule has 0 saturated carbocycles. The zero-order valence-electron chi connectivity index (χ0n) is 12.2. The second kappa shape index (κ2) is 4.95. The molecule has 1 aliphatic rings. The summed E-state index contributed by atoms with van der Waals surface area (Å²) in [7, 11) is 0. The summed E-state index contributed by atoms with van der Waals surface area (Å²) in [5, 5.41) is 3.67. The summed E-state index contributed by atoms with van der Waals surface area (Å²) >= 11 is 1.92. The van der Waals surface area contributed by atoms with Crippen LogP contribution in [0.2, 0.25) is 0 Å². The van der Waals surface area contributed by atoms with Crippen LogP contribution in [0.3, 0.4) is 0 Å². The van der Waals surface area contributed by atoms with E-state index in [-0.39, 0.29) is 11.0 Å². The first kappa shape index (κ1) is 14.0. The fourth-order valence-corrected chi connectivity index (χ4v) is 3.24. The summed E-state index contributed by atoms with van der Waals surface area (Å²) in [5.41, 5.74) is 0.391. The van der Waals surface area contributed by atoms with E-state index in [4.69, 9.17) is 4.74 Å². The Kier molecular flexibility index (Phi) is 3.86. The first-order valence-electron chi connectivity index (χ1n) is 6.77. The van der Waals surface area contributed by atoms with E-state index in [1.54, 1.807) is 0 Å². The zero-order valence-corrected chi connectivity index (χ0v) is 13.0. The van der Waals surface area contributed by atoms with Gasteiger partial charge in [0.25, 0.3) is 0 Å². The number of thiophene rings is 1. The molecule has 18 heavy (non-hydrogen) atoms. The second-order valence-corrected chi connectivity index (χ2v) is 7.72. The summed E-state index contributed by atoms with van der Waals surface area (Å²) < 4.78 is 5.66. The molecule has 2 rings (SSSR count). The Morgan fingerprint density at radius 1 is 1.44 bits per heavy atom. The maximum absolute atomic E-state index is 5.66. The molecule has 2 nitrogen and oxygen atoms in total. The molecular formula is C15H25NOS. The minimum atomic E-state index is 0.131. The number of hydrogen-bond acceptors (Lipinski definition) is 3. The fraction of sp³-hybridized carbons (Fsp3) is 0.733. The Hall–Kier alpha value is -0.380. The van der Waals surface area contributed by atoms with Gasteiger partial charge in [-0.3, -0.25) is 0 Å². The Morgan fingerprint density at radius 2 is 2.17 bits per heavy atom. The molecule has 2 heterocycles. The highest BCUT2D eigenvalue weighted by Gasteiger charge is 2.36. The van der Waals surface area contributed by atoms with Crippen LogP contribution in [0, 0.1) is 0 Å².